The number of carboxylic acids is 1. The Kier molecular flexibility index (Phi) is 14.2. The first-order chi connectivity index (χ1) is 5.27. The summed E-state index contributed by atoms with van der Waals surface area (Å²) in [7, 11) is 0. The molecule has 0 aliphatic rings. The van der Waals surface area contributed by atoms with Gasteiger partial charge < -0.3 is 11.8 Å². The molecule has 0 aromatic carbocycles. The van der Waals surface area contributed by atoms with Crippen LogP contribution in [-0.4, -0.2) is 24.2 Å². The van der Waals surface area contributed by atoms with E-state index in [9.17, 15) is 4.79 Å². The molecule has 0 radical (unpaired) electrons. The third-order valence-corrected chi connectivity index (χ3v) is 1.47. The van der Waals surface area contributed by atoms with Gasteiger partial charge in [0.05, 0.1) is 6.42 Å². The van der Waals surface area contributed by atoms with Crippen LogP contribution in [-0.2, 0) is 4.79 Å². The Hall–Kier alpha value is 0.430. The number of hydrogen-bond acceptors (Lipinski definition) is 2. The number of unbranched alkanes of at least 4 members (excludes halogenated alkanes) is 2. The molecular weight excluding hydrogens is 165 g/mol. The molecular formula is C8H18NNaO2. The monoisotopic (exact) mass is 183 g/mol. The summed E-state index contributed by atoms with van der Waals surface area (Å²) in [6.07, 6.45) is 3.81. The molecule has 0 saturated carbocycles. The Balaban J connectivity index is -0.000000500. The molecule has 0 aliphatic carbocycles. The van der Waals surface area contributed by atoms with E-state index in [4.69, 9.17) is 5.11 Å². The summed E-state index contributed by atoms with van der Waals surface area (Å²) in [4.78, 5) is 10.0. The van der Waals surface area contributed by atoms with E-state index >= 15 is 0 Å². The molecule has 0 fully saturated rings. The number of carboxylic acid groups (broad SMARTS) is 1. The second-order valence-electron chi connectivity index (χ2n) is 2.60. The fourth-order valence-corrected chi connectivity index (χ4v) is 0.820. The van der Waals surface area contributed by atoms with Crippen molar-refractivity contribution in [1.82, 2.24) is 5.32 Å². The van der Waals surface area contributed by atoms with Gasteiger partial charge in [-0.2, -0.15) is 0 Å². The van der Waals surface area contributed by atoms with Gasteiger partial charge in [-0.1, -0.05) is 19.8 Å². The SMILES string of the molecule is CCCCCNCCC(=O)O.[H-].[Na+]. The minimum absolute atomic E-state index is 0. The van der Waals surface area contributed by atoms with Gasteiger partial charge in [0.25, 0.3) is 0 Å². The van der Waals surface area contributed by atoms with Crippen molar-refractivity contribution >= 4 is 5.97 Å². The van der Waals surface area contributed by atoms with Crippen LogP contribution < -0.4 is 34.9 Å². The van der Waals surface area contributed by atoms with E-state index in [2.05, 4.69) is 12.2 Å². The normalized spacial score (nSPS) is 9.08. The number of carbonyl (C=O) groups is 1. The molecule has 0 aliphatic heterocycles. The van der Waals surface area contributed by atoms with Gasteiger partial charge in [0, 0.05) is 6.54 Å². The van der Waals surface area contributed by atoms with Crippen LogP contribution in [0.3, 0.4) is 0 Å². The number of hydrogen-bond donors (Lipinski definition) is 2. The van der Waals surface area contributed by atoms with E-state index in [-0.39, 0.29) is 37.4 Å². The largest absolute Gasteiger partial charge is 1.00 e. The molecule has 0 heterocycles. The maximum absolute atomic E-state index is 10.0. The van der Waals surface area contributed by atoms with Crippen LogP contribution in [0.25, 0.3) is 0 Å². The first-order valence-electron chi connectivity index (χ1n) is 4.20. The van der Waals surface area contributed by atoms with Crippen molar-refractivity contribution in [2.24, 2.45) is 0 Å². The Morgan fingerprint density at radius 1 is 1.42 bits per heavy atom. The molecule has 0 saturated heterocycles. The van der Waals surface area contributed by atoms with E-state index in [1.807, 2.05) is 0 Å². The van der Waals surface area contributed by atoms with E-state index < -0.39 is 5.97 Å². The molecule has 0 rings (SSSR count). The zero-order valence-corrected chi connectivity index (χ0v) is 10.1. The zero-order valence-electron chi connectivity index (χ0n) is 9.10. The van der Waals surface area contributed by atoms with E-state index in [1.54, 1.807) is 0 Å². The fraction of sp³-hybridized carbons (Fsp3) is 0.875. The summed E-state index contributed by atoms with van der Waals surface area (Å²) in [6, 6.07) is 0. The van der Waals surface area contributed by atoms with Gasteiger partial charge in [0.2, 0.25) is 0 Å². The Bertz CT molecular complexity index is 114. The second kappa shape index (κ2) is 11.4. The number of rotatable bonds is 7. The van der Waals surface area contributed by atoms with Gasteiger partial charge in [-0.25, -0.2) is 0 Å². The van der Waals surface area contributed by atoms with Gasteiger partial charge in [0.1, 0.15) is 0 Å². The van der Waals surface area contributed by atoms with Gasteiger partial charge in [-0.15, -0.1) is 0 Å². The molecule has 68 valence electrons. The molecule has 3 nitrogen and oxygen atoms in total. The predicted octanol–water partition coefficient (Wildman–Crippen LogP) is -1.64. The first kappa shape index (κ1) is 14.9. The van der Waals surface area contributed by atoms with Crippen LogP contribution in [0.4, 0.5) is 0 Å². The third-order valence-electron chi connectivity index (χ3n) is 1.47. The van der Waals surface area contributed by atoms with Crippen molar-refractivity contribution in [3.05, 3.63) is 0 Å². The average Bonchev–Trinajstić information content (AvgIpc) is 1.96. The van der Waals surface area contributed by atoms with Crippen molar-refractivity contribution < 1.29 is 40.9 Å². The van der Waals surface area contributed by atoms with Crippen LogP contribution >= 0.6 is 0 Å². The van der Waals surface area contributed by atoms with E-state index in [0.717, 1.165) is 13.0 Å². The molecule has 0 unspecified atom stereocenters. The molecule has 0 aromatic heterocycles. The third kappa shape index (κ3) is 13.1. The minimum Gasteiger partial charge on any atom is -1.00 e. The van der Waals surface area contributed by atoms with Crippen LogP contribution in [0, 0.1) is 0 Å². The molecule has 0 amide bonds. The summed E-state index contributed by atoms with van der Waals surface area (Å²) in [5.41, 5.74) is 0. The van der Waals surface area contributed by atoms with Crippen molar-refractivity contribution in [3.8, 4) is 0 Å². The van der Waals surface area contributed by atoms with E-state index in [1.165, 1.54) is 12.8 Å². The predicted molar refractivity (Wildman–Crippen MR) is 45.8 cm³/mol. The maximum Gasteiger partial charge on any atom is 1.00 e. The van der Waals surface area contributed by atoms with Gasteiger partial charge in [0.15, 0.2) is 0 Å². The van der Waals surface area contributed by atoms with Gasteiger partial charge >= 0.3 is 35.5 Å². The summed E-state index contributed by atoms with van der Waals surface area (Å²) in [6.45, 7) is 3.69. The molecule has 4 heteroatoms. The second-order valence-corrected chi connectivity index (χ2v) is 2.60. The van der Waals surface area contributed by atoms with Crippen LogP contribution in [0.2, 0.25) is 0 Å². The number of nitrogens with one attached hydrogen (secondary N) is 1. The van der Waals surface area contributed by atoms with Crippen molar-refractivity contribution in [2.75, 3.05) is 13.1 Å². The van der Waals surface area contributed by atoms with Crippen LogP contribution in [0.5, 0.6) is 0 Å². The van der Waals surface area contributed by atoms with Crippen molar-refractivity contribution in [1.29, 1.82) is 0 Å². The molecule has 0 aromatic rings. The zero-order chi connectivity index (χ0) is 8.53. The maximum atomic E-state index is 10.0. The summed E-state index contributed by atoms with van der Waals surface area (Å²) >= 11 is 0. The summed E-state index contributed by atoms with van der Waals surface area (Å²) in [5.74, 6) is -0.729. The smallest absolute Gasteiger partial charge is 1.00 e. The van der Waals surface area contributed by atoms with Crippen molar-refractivity contribution in [3.63, 3.8) is 0 Å². The Labute approximate surface area is 97.7 Å². The fourth-order valence-electron chi connectivity index (χ4n) is 0.820. The first-order valence-corrected chi connectivity index (χ1v) is 4.20. The molecule has 0 bridgehead atoms. The average molecular weight is 183 g/mol. The van der Waals surface area contributed by atoms with Crippen molar-refractivity contribution in [2.45, 2.75) is 32.6 Å². The quantitative estimate of drug-likeness (QED) is 0.367. The summed E-state index contributed by atoms with van der Waals surface area (Å²) < 4.78 is 0. The van der Waals surface area contributed by atoms with Gasteiger partial charge in [-0.3, -0.25) is 4.79 Å². The topological polar surface area (TPSA) is 49.3 Å². The van der Waals surface area contributed by atoms with E-state index in [0.29, 0.717) is 6.54 Å². The number of aliphatic carboxylic acids is 1. The molecule has 0 spiro atoms. The molecule has 2 N–H and O–H groups in total. The van der Waals surface area contributed by atoms with Crippen LogP contribution in [0.15, 0.2) is 0 Å². The Morgan fingerprint density at radius 3 is 2.58 bits per heavy atom. The minimum atomic E-state index is -0.729. The molecule has 0 atom stereocenters. The standard InChI is InChI=1S/C8H17NO2.Na.H/c1-2-3-4-6-9-7-5-8(10)11;;/h9H,2-7H2,1H3,(H,10,11);;/q;+1;-1. The van der Waals surface area contributed by atoms with Gasteiger partial charge in [-0.05, 0) is 13.0 Å². The summed E-state index contributed by atoms with van der Waals surface area (Å²) in [5, 5.41) is 11.3. The Morgan fingerprint density at radius 2 is 2.08 bits per heavy atom. The van der Waals surface area contributed by atoms with Crippen LogP contribution in [0.1, 0.15) is 34.0 Å². The molecule has 12 heavy (non-hydrogen) atoms.